The number of amides is 1. The number of halogens is 1. The van der Waals surface area contributed by atoms with Crippen molar-refractivity contribution in [3.63, 3.8) is 0 Å². The molecular weight excluding hydrogens is 461 g/mol. The summed E-state index contributed by atoms with van der Waals surface area (Å²) in [5.74, 6) is -0.453. The van der Waals surface area contributed by atoms with Crippen molar-refractivity contribution in [2.24, 2.45) is 0 Å². The number of carbonyl (C=O) groups excluding carboxylic acids is 1. The minimum Gasteiger partial charge on any atom is -0.344 e. The van der Waals surface area contributed by atoms with E-state index in [0.29, 0.717) is 18.7 Å². The third-order valence-electron chi connectivity index (χ3n) is 6.34. The van der Waals surface area contributed by atoms with Crippen molar-refractivity contribution in [3.8, 4) is 16.9 Å². The van der Waals surface area contributed by atoms with Gasteiger partial charge in [0.25, 0.3) is 5.91 Å². The lowest BCUT2D eigenvalue weighted by molar-refractivity contribution is -0.128. The number of ether oxygens (including phenoxy) is 1. The van der Waals surface area contributed by atoms with Crippen molar-refractivity contribution in [2.45, 2.75) is 12.6 Å². The third kappa shape index (κ3) is 4.09. The maximum atomic E-state index is 13.6. The topological polar surface area (TPSA) is 96.0 Å². The van der Waals surface area contributed by atoms with Gasteiger partial charge in [-0.05, 0) is 60.5 Å². The van der Waals surface area contributed by atoms with Crippen LogP contribution < -0.4 is 5.69 Å². The number of nitrogens with zero attached hydrogens (tertiary/aromatic N) is 3. The van der Waals surface area contributed by atoms with Crippen LogP contribution in [-0.2, 0) is 16.0 Å². The molecule has 3 heterocycles. The molecule has 9 heteroatoms. The van der Waals surface area contributed by atoms with Gasteiger partial charge < -0.3 is 19.6 Å². The molecule has 1 fully saturated rings. The number of hydrogen-bond acceptors (Lipinski definition) is 4. The number of imidazole rings is 1. The van der Waals surface area contributed by atoms with E-state index in [2.05, 4.69) is 9.97 Å². The van der Waals surface area contributed by atoms with Gasteiger partial charge >= 0.3 is 5.69 Å². The van der Waals surface area contributed by atoms with Gasteiger partial charge in [-0.15, -0.1) is 0 Å². The zero-order valence-corrected chi connectivity index (χ0v) is 19.1. The van der Waals surface area contributed by atoms with E-state index in [4.69, 9.17) is 9.84 Å². The lowest BCUT2D eigenvalue weighted by Crippen LogP contribution is -2.30. The first-order valence-electron chi connectivity index (χ1n) is 11.6. The smallest absolute Gasteiger partial charge is 0.323 e. The molecule has 36 heavy (non-hydrogen) atoms. The van der Waals surface area contributed by atoms with Gasteiger partial charge in [-0.3, -0.25) is 4.79 Å². The highest BCUT2D eigenvalue weighted by molar-refractivity contribution is 5.80. The van der Waals surface area contributed by atoms with Crippen molar-refractivity contribution in [1.29, 1.82) is 0 Å². The Morgan fingerprint density at radius 1 is 0.972 bits per heavy atom. The Hall–Kier alpha value is -4.50. The number of aromatic amines is 2. The SMILES string of the molecule is O=C1CO[C@H](c2cn(-c3ccccc3)nc2-c2ccc(F)cc2)N1CCc1ccc2[nH]c(=O)[nH]c2c1. The van der Waals surface area contributed by atoms with Gasteiger partial charge in [-0.2, -0.15) is 5.10 Å². The first-order valence-corrected chi connectivity index (χ1v) is 11.6. The molecule has 0 aliphatic carbocycles. The fraction of sp³-hybridized carbons (Fsp3) is 0.148. The summed E-state index contributed by atoms with van der Waals surface area (Å²) < 4.78 is 21.3. The van der Waals surface area contributed by atoms with E-state index in [0.717, 1.165) is 33.4 Å². The summed E-state index contributed by atoms with van der Waals surface area (Å²) in [6, 6.07) is 21.4. The summed E-state index contributed by atoms with van der Waals surface area (Å²) in [7, 11) is 0. The number of H-pyrrole nitrogens is 2. The molecule has 8 nitrogen and oxygen atoms in total. The predicted molar refractivity (Wildman–Crippen MR) is 132 cm³/mol. The van der Waals surface area contributed by atoms with Gasteiger partial charge in [0, 0.05) is 23.9 Å². The number of hydrogen-bond donors (Lipinski definition) is 2. The van der Waals surface area contributed by atoms with Gasteiger partial charge in [0.05, 0.1) is 16.7 Å². The quantitative estimate of drug-likeness (QED) is 0.382. The average Bonchev–Trinajstić information content (AvgIpc) is 3.59. The minimum absolute atomic E-state index is 0.0335. The van der Waals surface area contributed by atoms with Crippen LogP contribution in [-0.4, -0.2) is 43.7 Å². The molecule has 1 saturated heterocycles. The molecule has 2 N–H and O–H groups in total. The van der Waals surface area contributed by atoms with Crippen LogP contribution >= 0.6 is 0 Å². The zero-order chi connectivity index (χ0) is 24.6. The maximum Gasteiger partial charge on any atom is 0.323 e. The maximum absolute atomic E-state index is 13.6. The van der Waals surface area contributed by atoms with E-state index >= 15 is 0 Å². The van der Waals surface area contributed by atoms with E-state index in [-0.39, 0.29) is 24.0 Å². The van der Waals surface area contributed by atoms with Crippen LogP contribution in [0.1, 0.15) is 17.4 Å². The highest BCUT2D eigenvalue weighted by Crippen LogP contribution is 2.35. The molecule has 2 aromatic heterocycles. The number of nitrogens with one attached hydrogen (secondary N) is 2. The Morgan fingerprint density at radius 3 is 2.56 bits per heavy atom. The molecule has 0 spiro atoms. The second-order valence-electron chi connectivity index (χ2n) is 8.68. The van der Waals surface area contributed by atoms with E-state index in [1.54, 1.807) is 21.7 Å². The van der Waals surface area contributed by atoms with Crippen molar-refractivity contribution >= 4 is 16.9 Å². The van der Waals surface area contributed by atoms with Crippen molar-refractivity contribution in [2.75, 3.05) is 13.2 Å². The zero-order valence-electron chi connectivity index (χ0n) is 19.1. The number of para-hydroxylation sites is 1. The highest BCUT2D eigenvalue weighted by Gasteiger charge is 2.36. The Bertz CT molecular complexity index is 1600. The second-order valence-corrected chi connectivity index (χ2v) is 8.68. The Balaban J connectivity index is 1.34. The van der Waals surface area contributed by atoms with Crippen LogP contribution in [0.4, 0.5) is 4.39 Å². The van der Waals surface area contributed by atoms with Crippen LogP contribution in [0.3, 0.4) is 0 Å². The summed E-state index contributed by atoms with van der Waals surface area (Å²) in [5, 5.41) is 4.78. The molecule has 0 radical (unpaired) electrons. The summed E-state index contributed by atoms with van der Waals surface area (Å²) >= 11 is 0. The molecule has 5 aromatic rings. The lowest BCUT2D eigenvalue weighted by Gasteiger charge is -2.23. The second kappa shape index (κ2) is 8.94. The molecule has 6 rings (SSSR count). The van der Waals surface area contributed by atoms with Crippen LogP contribution in [0.25, 0.3) is 28.0 Å². The fourth-order valence-electron chi connectivity index (χ4n) is 4.55. The molecule has 0 saturated carbocycles. The van der Waals surface area contributed by atoms with E-state index in [1.165, 1.54) is 12.1 Å². The van der Waals surface area contributed by atoms with Gasteiger partial charge in [0.15, 0.2) is 6.23 Å². The molecule has 1 amide bonds. The van der Waals surface area contributed by atoms with Gasteiger partial charge in [0.1, 0.15) is 18.1 Å². The average molecular weight is 484 g/mol. The molecular formula is C27H22FN5O3. The molecule has 0 bridgehead atoms. The van der Waals surface area contributed by atoms with Crippen LogP contribution in [0.5, 0.6) is 0 Å². The molecule has 0 unspecified atom stereocenters. The molecule has 3 aromatic carbocycles. The molecule has 180 valence electrons. The first-order chi connectivity index (χ1) is 17.5. The molecule has 1 aliphatic rings. The van der Waals surface area contributed by atoms with Gasteiger partial charge in [-0.1, -0.05) is 24.3 Å². The van der Waals surface area contributed by atoms with E-state index < -0.39 is 6.23 Å². The van der Waals surface area contributed by atoms with Crippen LogP contribution in [0.2, 0.25) is 0 Å². The van der Waals surface area contributed by atoms with Crippen molar-refractivity contribution < 1.29 is 13.9 Å². The monoisotopic (exact) mass is 483 g/mol. The van der Waals surface area contributed by atoms with Crippen LogP contribution in [0, 0.1) is 5.82 Å². The summed E-state index contributed by atoms with van der Waals surface area (Å²) in [5.41, 5.74) is 5.11. The Morgan fingerprint density at radius 2 is 1.75 bits per heavy atom. The highest BCUT2D eigenvalue weighted by atomic mass is 19.1. The number of carbonyl (C=O) groups is 1. The first kappa shape index (κ1) is 22.0. The molecule has 1 atom stereocenters. The summed E-state index contributed by atoms with van der Waals surface area (Å²) in [4.78, 5) is 31.6. The standard InChI is InChI=1S/C27H22FN5O3/c28-19-9-7-18(8-10-19)25-21(15-33(31-25)20-4-2-1-3-5-20)26-32(24(34)16-36-26)13-12-17-6-11-22-23(14-17)30-27(35)29-22/h1-11,14-15,26H,12-13,16H2,(H2,29,30,35)/t26-/m1/s1. The van der Waals surface area contributed by atoms with Crippen molar-refractivity contribution in [1.82, 2.24) is 24.6 Å². The molecule has 1 aliphatic heterocycles. The number of fused-ring (bicyclic) bond motifs is 1. The Kier molecular flexibility index (Phi) is 5.46. The van der Waals surface area contributed by atoms with Gasteiger partial charge in [-0.25, -0.2) is 13.9 Å². The summed E-state index contributed by atoms with van der Waals surface area (Å²) in [6.45, 7) is 0.386. The minimum atomic E-state index is -0.634. The largest absolute Gasteiger partial charge is 0.344 e. The van der Waals surface area contributed by atoms with Crippen LogP contribution in [0.15, 0.2) is 83.8 Å². The number of rotatable bonds is 6. The van der Waals surface area contributed by atoms with Crippen molar-refractivity contribution in [3.05, 3.63) is 106 Å². The van der Waals surface area contributed by atoms with E-state index in [9.17, 15) is 14.0 Å². The lowest BCUT2D eigenvalue weighted by atomic mass is 10.1. The fourth-order valence-corrected chi connectivity index (χ4v) is 4.55. The summed E-state index contributed by atoms with van der Waals surface area (Å²) in [6.07, 6.45) is 1.81. The predicted octanol–water partition coefficient (Wildman–Crippen LogP) is 3.95. The Labute approximate surface area is 205 Å². The normalized spacial score (nSPS) is 15.8. The van der Waals surface area contributed by atoms with Gasteiger partial charge in [0.2, 0.25) is 0 Å². The number of aromatic nitrogens is 4. The third-order valence-corrected chi connectivity index (χ3v) is 6.34. The number of benzene rings is 3. The van der Waals surface area contributed by atoms with E-state index in [1.807, 2.05) is 54.7 Å².